The Hall–Kier alpha value is -3.73. The van der Waals surface area contributed by atoms with Crippen molar-refractivity contribution in [2.75, 3.05) is 10.0 Å². The fourth-order valence-electron chi connectivity index (χ4n) is 2.85. The second kappa shape index (κ2) is 7.95. The molecule has 0 saturated heterocycles. The number of rotatable bonds is 7. The van der Waals surface area contributed by atoms with Crippen molar-refractivity contribution in [1.29, 1.82) is 0 Å². The molecular formula is C19H20N8O2S. The summed E-state index contributed by atoms with van der Waals surface area (Å²) in [7, 11) is -3.76. The summed E-state index contributed by atoms with van der Waals surface area (Å²) in [6.45, 7) is 4.35. The van der Waals surface area contributed by atoms with E-state index >= 15 is 0 Å². The Kier molecular flexibility index (Phi) is 5.19. The van der Waals surface area contributed by atoms with Crippen LogP contribution in [0.25, 0.3) is 5.82 Å². The molecule has 0 aliphatic rings. The van der Waals surface area contributed by atoms with E-state index in [1.807, 2.05) is 13.0 Å². The first-order chi connectivity index (χ1) is 14.4. The summed E-state index contributed by atoms with van der Waals surface area (Å²) in [6.07, 6.45) is 6.43. The van der Waals surface area contributed by atoms with Gasteiger partial charge in [0.05, 0.1) is 0 Å². The van der Waals surface area contributed by atoms with Crippen LogP contribution in [0.4, 0.5) is 17.2 Å². The van der Waals surface area contributed by atoms with E-state index in [1.54, 1.807) is 58.9 Å². The van der Waals surface area contributed by atoms with Crippen LogP contribution >= 0.6 is 0 Å². The van der Waals surface area contributed by atoms with Crippen molar-refractivity contribution in [2.45, 2.75) is 25.4 Å². The molecule has 4 rings (SSSR count). The van der Waals surface area contributed by atoms with Gasteiger partial charge in [0.15, 0.2) is 10.8 Å². The molecule has 154 valence electrons. The Morgan fingerprint density at radius 1 is 1.10 bits per heavy atom. The van der Waals surface area contributed by atoms with E-state index < -0.39 is 10.0 Å². The second-order valence-corrected chi connectivity index (χ2v) is 8.06. The van der Waals surface area contributed by atoms with Crippen LogP contribution in [0.3, 0.4) is 0 Å². The van der Waals surface area contributed by atoms with Gasteiger partial charge in [0.2, 0.25) is 0 Å². The number of aromatic nitrogens is 6. The molecule has 0 bridgehead atoms. The molecule has 30 heavy (non-hydrogen) atoms. The van der Waals surface area contributed by atoms with Crippen molar-refractivity contribution in [2.24, 2.45) is 0 Å². The van der Waals surface area contributed by atoms with E-state index in [4.69, 9.17) is 0 Å². The molecule has 0 aliphatic carbocycles. The minimum Gasteiger partial charge on any atom is -0.340 e. The van der Waals surface area contributed by atoms with Gasteiger partial charge < -0.3 is 9.88 Å². The summed E-state index contributed by atoms with van der Waals surface area (Å²) in [5, 5.41) is 7.30. The number of hydrogen-bond donors (Lipinski definition) is 2. The maximum Gasteiger partial charge on any atom is 0.280 e. The number of sulfonamides is 1. The van der Waals surface area contributed by atoms with E-state index in [0.717, 1.165) is 5.69 Å². The SMILES string of the molecule is CCn1cc(S(=O)(=O)Nc2ccc(Nc3cc(-n4cccn4)ncn3)cc2)nc1C. The van der Waals surface area contributed by atoms with E-state index in [0.29, 0.717) is 29.7 Å². The lowest BCUT2D eigenvalue weighted by molar-refractivity contribution is 0.598. The zero-order valence-electron chi connectivity index (χ0n) is 16.4. The molecule has 0 unspecified atom stereocenters. The highest BCUT2D eigenvalue weighted by molar-refractivity contribution is 7.92. The molecule has 10 nitrogen and oxygen atoms in total. The Balaban J connectivity index is 1.47. The van der Waals surface area contributed by atoms with Crippen molar-refractivity contribution < 1.29 is 8.42 Å². The average Bonchev–Trinajstić information content (AvgIpc) is 3.39. The molecule has 11 heteroatoms. The first kappa shape index (κ1) is 19.6. The number of anilines is 3. The number of imidazole rings is 1. The van der Waals surface area contributed by atoms with Crippen LogP contribution in [0, 0.1) is 6.92 Å². The van der Waals surface area contributed by atoms with Gasteiger partial charge in [-0.3, -0.25) is 4.72 Å². The Bertz CT molecular complexity index is 1250. The third-order valence-electron chi connectivity index (χ3n) is 4.37. The molecule has 0 fully saturated rings. The first-order valence-electron chi connectivity index (χ1n) is 9.20. The molecule has 0 aliphatic heterocycles. The standard InChI is InChI=1S/C19H20N8O2S/c1-3-26-12-19(23-14(26)2)30(28,29)25-16-7-5-15(6-8-16)24-17-11-18(21-13-20-17)27-10-4-9-22-27/h4-13,25H,3H2,1-2H3,(H,20,21,24). The van der Waals surface area contributed by atoms with Gasteiger partial charge >= 0.3 is 0 Å². The second-order valence-electron chi connectivity index (χ2n) is 6.43. The first-order valence-corrected chi connectivity index (χ1v) is 10.7. The smallest absolute Gasteiger partial charge is 0.280 e. The molecule has 0 atom stereocenters. The highest BCUT2D eigenvalue weighted by Gasteiger charge is 2.19. The van der Waals surface area contributed by atoms with Gasteiger partial charge in [-0.1, -0.05) is 0 Å². The fraction of sp³-hybridized carbons (Fsp3) is 0.158. The molecule has 0 radical (unpaired) electrons. The lowest BCUT2D eigenvalue weighted by Crippen LogP contribution is -2.13. The zero-order valence-corrected chi connectivity index (χ0v) is 17.2. The molecule has 3 aromatic heterocycles. The van der Waals surface area contributed by atoms with Gasteiger partial charge in [0.25, 0.3) is 10.0 Å². The van der Waals surface area contributed by atoms with Gasteiger partial charge in [-0.2, -0.15) is 13.5 Å². The van der Waals surface area contributed by atoms with Gasteiger partial charge in [-0.05, 0) is 44.2 Å². The number of aryl methyl sites for hydroxylation is 2. The van der Waals surface area contributed by atoms with Crippen molar-refractivity contribution in [3.05, 3.63) is 67.1 Å². The van der Waals surface area contributed by atoms with Crippen molar-refractivity contribution in [3.63, 3.8) is 0 Å². The minimum atomic E-state index is -3.76. The normalized spacial score (nSPS) is 11.4. The molecule has 1 aromatic carbocycles. The Labute approximate surface area is 173 Å². The average molecular weight is 424 g/mol. The van der Waals surface area contributed by atoms with Crippen LogP contribution in [-0.2, 0) is 16.6 Å². The summed E-state index contributed by atoms with van der Waals surface area (Å²) in [5.74, 6) is 1.87. The number of benzene rings is 1. The monoisotopic (exact) mass is 424 g/mol. The lowest BCUT2D eigenvalue weighted by Gasteiger charge is -2.09. The third kappa shape index (κ3) is 4.15. The Morgan fingerprint density at radius 2 is 1.87 bits per heavy atom. The summed E-state index contributed by atoms with van der Waals surface area (Å²) in [5.41, 5.74) is 1.18. The molecule has 4 aromatic rings. The summed E-state index contributed by atoms with van der Waals surface area (Å²) in [6, 6.07) is 10.4. The maximum atomic E-state index is 12.6. The van der Waals surface area contributed by atoms with E-state index in [2.05, 4.69) is 30.1 Å². The highest BCUT2D eigenvalue weighted by atomic mass is 32.2. The van der Waals surface area contributed by atoms with Crippen LogP contribution in [0.15, 0.2) is 66.3 Å². The number of nitrogens with zero attached hydrogens (tertiary/aromatic N) is 6. The third-order valence-corrected chi connectivity index (χ3v) is 5.62. The predicted octanol–water partition coefficient (Wildman–Crippen LogP) is 2.73. The van der Waals surface area contributed by atoms with Crippen LogP contribution in [0.2, 0.25) is 0 Å². The summed E-state index contributed by atoms with van der Waals surface area (Å²) >= 11 is 0. The summed E-state index contributed by atoms with van der Waals surface area (Å²) in [4.78, 5) is 12.5. The van der Waals surface area contributed by atoms with Gasteiger partial charge in [0, 0.05) is 42.6 Å². The van der Waals surface area contributed by atoms with Crippen LogP contribution in [0.1, 0.15) is 12.7 Å². The van der Waals surface area contributed by atoms with E-state index in [-0.39, 0.29) is 5.03 Å². The van der Waals surface area contributed by atoms with Crippen LogP contribution in [-0.4, -0.2) is 37.7 Å². The minimum absolute atomic E-state index is 0.00353. The molecule has 0 spiro atoms. The number of nitrogens with one attached hydrogen (secondary N) is 2. The zero-order chi connectivity index (χ0) is 21.1. The van der Waals surface area contributed by atoms with Crippen LogP contribution in [0.5, 0.6) is 0 Å². The molecular weight excluding hydrogens is 404 g/mol. The molecule has 0 saturated carbocycles. The van der Waals surface area contributed by atoms with Crippen LogP contribution < -0.4 is 10.0 Å². The van der Waals surface area contributed by atoms with E-state index in [9.17, 15) is 8.42 Å². The highest BCUT2D eigenvalue weighted by Crippen LogP contribution is 2.21. The quantitative estimate of drug-likeness (QED) is 0.468. The van der Waals surface area contributed by atoms with Gasteiger partial charge in [0.1, 0.15) is 18.0 Å². The maximum absolute atomic E-state index is 12.6. The van der Waals surface area contributed by atoms with Gasteiger partial charge in [-0.15, -0.1) is 0 Å². The molecule has 0 amide bonds. The molecule has 3 heterocycles. The molecule has 2 N–H and O–H groups in total. The Morgan fingerprint density at radius 3 is 2.53 bits per heavy atom. The topological polar surface area (TPSA) is 120 Å². The van der Waals surface area contributed by atoms with Crippen molar-refractivity contribution >= 4 is 27.2 Å². The number of hydrogen-bond acceptors (Lipinski definition) is 7. The summed E-state index contributed by atoms with van der Waals surface area (Å²) < 4.78 is 31.1. The van der Waals surface area contributed by atoms with Crippen molar-refractivity contribution in [1.82, 2.24) is 29.3 Å². The lowest BCUT2D eigenvalue weighted by atomic mass is 10.3. The fourth-order valence-corrected chi connectivity index (χ4v) is 3.92. The largest absolute Gasteiger partial charge is 0.340 e. The van der Waals surface area contributed by atoms with Crippen molar-refractivity contribution in [3.8, 4) is 5.82 Å². The predicted molar refractivity (Wildman–Crippen MR) is 112 cm³/mol. The van der Waals surface area contributed by atoms with Gasteiger partial charge in [-0.25, -0.2) is 19.6 Å². The van der Waals surface area contributed by atoms with E-state index in [1.165, 1.54) is 12.5 Å².